The Balaban J connectivity index is 5.62. The lowest BCUT2D eigenvalue weighted by Crippen LogP contribution is -2.59. The molecule has 0 rings (SSSR count). The number of hydrogen-bond acceptors (Lipinski definition) is 1. The lowest BCUT2D eigenvalue weighted by atomic mass is 10.1. The van der Waals surface area contributed by atoms with E-state index in [2.05, 4.69) is 0 Å². The molecule has 0 aromatic carbocycles. The Morgan fingerprint density at radius 1 is 0.750 bits per heavy atom. The van der Waals surface area contributed by atoms with Gasteiger partial charge in [-0.2, -0.15) is 35.6 Å². The largest absolute Gasteiger partial charge is 0.591 e. The zero-order chi connectivity index (χ0) is 13.6. The van der Waals surface area contributed by atoms with Crippen molar-refractivity contribution in [2.45, 2.75) is 23.7 Å². The second kappa shape index (κ2) is 3.73. The Hall–Kier alpha value is -0.570. The zero-order valence-electron chi connectivity index (χ0n) is 6.70. The fourth-order valence-electron chi connectivity index (χ4n) is 0.487. The molecular weight excluding hydrogens is 282 g/mol. The fraction of sp³-hybridized carbons (Fsp3) is 1.00. The van der Waals surface area contributed by atoms with Crippen LogP contribution in [-0.4, -0.2) is 28.6 Å². The van der Waals surface area contributed by atoms with Crippen LogP contribution in [-0.2, 0) is 4.57 Å². The van der Waals surface area contributed by atoms with Crippen LogP contribution in [0.2, 0.25) is 0 Å². The summed E-state index contributed by atoms with van der Waals surface area (Å²) in [6.45, 7) is 0. The minimum Gasteiger partial charge on any atom is -0.189 e. The minimum absolute atomic E-state index is 5.26. The molecule has 0 saturated carbocycles. The maximum absolute atomic E-state index is 12.2. The van der Waals surface area contributed by atoms with Crippen LogP contribution in [0.3, 0.4) is 0 Å². The summed E-state index contributed by atoms with van der Waals surface area (Å²) >= 11 is 0. The lowest BCUT2D eigenvalue weighted by molar-refractivity contribution is -0.382. The number of halogens is 9. The molecule has 0 heterocycles. The molecule has 0 saturated heterocycles. The highest BCUT2D eigenvalue weighted by molar-refractivity contribution is 7.39. The lowest BCUT2D eigenvalue weighted by Gasteiger charge is -2.27. The van der Waals surface area contributed by atoms with E-state index in [0.29, 0.717) is 0 Å². The van der Waals surface area contributed by atoms with Gasteiger partial charge in [-0.1, -0.05) is 0 Å². The van der Waals surface area contributed by atoms with Gasteiger partial charge in [-0.05, 0) is 4.57 Å². The Morgan fingerprint density at radius 3 is 1.25 bits per heavy atom. The van der Waals surface area contributed by atoms with Crippen molar-refractivity contribution in [3.8, 4) is 0 Å². The van der Waals surface area contributed by atoms with Crippen molar-refractivity contribution in [1.82, 2.24) is 0 Å². The van der Waals surface area contributed by atoms with Crippen LogP contribution in [0.1, 0.15) is 0 Å². The van der Waals surface area contributed by atoms with Gasteiger partial charge in [0, 0.05) is 0 Å². The Labute approximate surface area is 81.9 Å². The normalized spacial score (nSPS) is 16.2. The molecule has 0 aromatic heterocycles. The maximum atomic E-state index is 12.2. The fourth-order valence-corrected chi connectivity index (χ4v) is 0.868. The van der Waals surface area contributed by atoms with Crippen LogP contribution in [0.4, 0.5) is 39.5 Å². The van der Waals surface area contributed by atoms with Crippen LogP contribution < -0.4 is 0 Å². The summed E-state index contributed by atoms with van der Waals surface area (Å²) in [6, 6.07) is 0. The van der Waals surface area contributed by atoms with Crippen LogP contribution in [0.15, 0.2) is 0 Å². The third kappa shape index (κ3) is 1.97. The van der Waals surface area contributed by atoms with Gasteiger partial charge in [0.15, 0.2) is 0 Å². The summed E-state index contributed by atoms with van der Waals surface area (Å²) in [5, 5.41) is 0. The van der Waals surface area contributed by atoms with Gasteiger partial charge in [0.1, 0.15) is 0 Å². The van der Waals surface area contributed by atoms with E-state index in [1.165, 1.54) is 0 Å². The van der Waals surface area contributed by atoms with Gasteiger partial charge in [0.25, 0.3) is 0 Å². The van der Waals surface area contributed by atoms with Gasteiger partial charge < -0.3 is 0 Å². The van der Waals surface area contributed by atoms with Gasteiger partial charge in [-0.25, -0.2) is 0 Å². The monoisotopic (exact) mass is 283 g/mol. The highest BCUT2D eigenvalue weighted by Gasteiger charge is 2.89. The third-order valence-corrected chi connectivity index (χ3v) is 2.13. The average Bonchev–Trinajstić information content (AvgIpc) is 2.00. The molecule has 0 bridgehead atoms. The molecule has 0 aromatic rings. The second-order valence-corrected chi connectivity index (χ2v) is 3.57. The number of alkyl halides is 9. The minimum atomic E-state index is -7.13. The van der Waals surface area contributed by atoms with E-state index in [1.54, 1.807) is 0 Å². The van der Waals surface area contributed by atoms with Gasteiger partial charge in [-0.3, -0.25) is 0 Å². The highest BCUT2D eigenvalue weighted by atomic mass is 31.1. The van der Waals surface area contributed by atoms with E-state index < -0.39 is 31.7 Å². The molecule has 12 heteroatoms. The number of rotatable bonds is 3. The standard InChI is InChI=1S/C4F9O2P/c5-1(6,3(9,10)11)2(7,8)4(12,13)16(14)15/p+1. The van der Waals surface area contributed by atoms with Gasteiger partial charge >= 0.3 is 31.7 Å². The summed E-state index contributed by atoms with van der Waals surface area (Å²) in [4.78, 5) is 7.62. The van der Waals surface area contributed by atoms with Crippen LogP contribution >= 0.6 is 8.03 Å². The first kappa shape index (κ1) is 15.4. The predicted molar refractivity (Wildman–Crippen MR) is 30.7 cm³/mol. The maximum Gasteiger partial charge on any atom is 0.591 e. The smallest absolute Gasteiger partial charge is 0.189 e. The predicted octanol–water partition coefficient (Wildman–Crippen LogP) is 3.15. The summed E-state index contributed by atoms with van der Waals surface area (Å²) in [5.41, 5.74) is -6.40. The summed E-state index contributed by atoms with van der Waals surface area (Å²) in [5.74, 6) is -14.2. The summed E-state index contributed by atoms with van der Waals surface area (Å²) < 4.78 is 116. The quantitative estimate of drug-likeness (QED) is 0.638. The molecule has 0 amide bonds. The summed E-state index contributed by atoms with van der Waals surface area (Å²) in [6.07, 6.45) is -6.98. The molecule has 0 aliphatic rings. The van der Waals surface area contributed by atoms with Crippen molar-refractivity contribution in [2.24, 2.45) is 0 Å². The first-order valence-electron chi connectivity index (χ1n) is 3.06. The van der Waals surface area contributed by atoms with E-state index in [0.717, 1.165) is 0 Å². The van der Waals surface area contributed by atoms with Crippen molar-refractivity contribution in [2.75, 3.05) is 0 Å². The van der Waals surface area contributed by atoms with Gasteiger partial charge in [0.2, 0.25) is 0 Å². The van der Waals surface area contributed by atoms with Crippen molar-refractivity contribution >= 4 is 8.03 Å². The molecular formula is C4HF9O2P+. The Morgan fingerprint density at radius 2 is 1.06 bits per heavy atom. The highest BCUT2D eigenvalue weighted by Crippen LogP contribution is 2.59. The van der Waals surface area contributed by atoms with Crippen LogP contribution in [0, 0.1) is 0 Å². The van der Waals surface area contributed by atoms with Crippen molar-refractivity contribution in [3.63, 3.8) is 0 Å². The van der Waals surface area contributed by atoms with Crippen LogP contribution in [0.25, 0.3) is 0 Å². The topological polar surface area (TPSA) is 37.3 Å². The molecule has 16 heavy (non-hydrogen) atoms. The van der Waals surface area contributed by atoms with Crippen LogP contribution in [0.5, 0.6) is 0 Å². The molecule has 0 spiro atoms. The van der Waals surface area contributed by atoms with Gasteiger partial charge in [-0.15, -0.1) is 8.78 Å². The third-order valence-electron chi connectivity index (χ3n) is 1.37. The molecule has 1 N–H and O–H groups in total. The Kier molecular flexibility index (Phi) is 3.59. The molecule has 1 unspecified atom stereocenters. The zero-order valence-corrected chi connectivity index (χ0v) is 7.60. The second-order valence-electron chi connectivity index (χ2n) is 2.46. The average molecular weight is 283 g/mol. The molecule has 2 nitrogen and oxygen atoms in total. The first-order valence-corrected chi connectivity index (χ1v) is 4.27. The number of hydrogen-bond donors (Lipinski definition) is 1. The first-order chi connectivity index (χ1) is 6.69. The van der Waals surface area contributed by atoms with E-state index in [-0.39, 0.29) is 0 Å². The van der Waals surface area contributed by atoms with E-state index >= 15 is 0 Å². The van der Waals surface area contributed by atoms with Crippen molar-refractivity contribution in [1.29, 1.82) is 0 Å². The van der Waals surface area contributed by atoms with Gasteiger partial charge in [0.05, 0.1) is 0 Å². The van der Waals surface area contributed by atoms with E-state index in [1.807, 2.05) is 0 Å². The van der Waals surface area contributed by atoms with Crippen molar-refractivity contribution < 1.29 is 49.0 Å². The molecule has 96 valence electrons. The summed E-state index contributed by atoms with van der Waals surface area (Å²) in [7, 11) is -5.26. The molecule has 0 fully saturated rings. The molecule has 0 aliphatic heterocycles. The Bertz CT molecular complexity index is 294. The molecule has 1 atom stereocenters. The molecule has 0 radical (unpaired) electrons. The van der Waals surface area contributed by atoms with E-state index in [9.17, 15) is 44.1 Å². The van der Waals surface area contributed by atoms with Crippen molar-refractivity contribution in [3.05, 3.63) is 0 Å². The SMILES string of the molecule is O=[P+](O)C(F)(F)C(F)(F)C(F)(F)C(F)(F)F. The van der Waals surface area contributed by atoms with E-state index in [4.69, 9.17) is 4.89 Å². The molecule has 0 aliphatic carbocycles.